The van der Waals surface area contributed by atoms with Gasteiger partial charge in [0.25, 0.3) is 0 Å². The number of Topliss-reactive ketones (excluding diaryl/α,β-unsaturated/α-hetero) is 1. The van der Waals surface area contributed by atoms with Gasteiger partial charge in [0, 0.05) is 24.3 Å². The second-order valence-corrected chi connectivity index (χ2v) is 9.73. The van der Waals surface area contributed by atoms with Gasteiger partial charge in [-0.05, 0) is 30.9 Å². The van der Waals surface area contributed by atoms with Crippen molar-refractivity contribution in [2.45, 2.75) is 67.6 Å². The predicted octanol–water partition coefficient (Wildman–Crippen LogP) is 0.308. The summed E-state index contributed by atoms with van der Waals surface area (Å²) in [5.74, 6) is 0.264. The van der Waals surface area contributed by atoms with Crippen LogP contribution < -0.4 is 4.74 Å². The number of ether oxygens (including phenoxy) is 1. The third-order valence-corrected chi connectivity index (χ3v) is 8.66. The number of ketones is 1. The first-order chi connectivity index (χ1) is 13.2. The highest BCUT2D eigenvalue weighted by Crippen LogP contribution is 2.68. The molecule has 2 heterocycles. The molecule has 6 atom stereocenters. The molecule has 1 aromatic rings. The van der Waals surface area contributed by atoms with Crippen molar-refractivity contribution in [2.24, 2.45) is 5.92 Å². The Morgan fingerprint density at radius 1 is 1.25 bits per heavy atom. The first kappa shape index (κ1) is 17.2. The molecule has 1 aromatic carbocycles. The van der Waals surface area contributed by atoms with E-state index in [1.807, 2.05) is 7.05 Å². The highest BCUT2D eigenvalue weighted by atomic mass is 16.5. The van der Waals surface area contributed by atoms with Gasteiger partial charge < -0.3 is 25.2 Å². The van der Waals surface area contributed by atoms with Gasteiger partial charge >= 0.3 is 0 Å². The van der Waals surface area contributed by atoms with Crippen LogP contribution in [0.4, 0.5) is 0 Å². The summed E-state index contributed by atoms with van der Waals surface area (Å²) < 4.78 is 5.94. The zero-order valence-electron chi connectivity index (χ0n) is 15.9. The molecule has 2 bridgehead atoms. The standard InChI is InChI=1S/C21H25NO6/c1-22(18(25)11-2-3-11)9-8-19-15-12-4-5-13(23)16(15)28-17(19)14(24)6-7-20(19,26)21(22,27)10-12/h4-5,11,17-18,25-27H,2-3,6-10H2,1H3/p+1/t17-,18?,19-,20-,21-,22+/m0/s1. The molecule has 0 radical (unpaired) electrons. The van der Waals surface area contributed by atoms with Gasteiger partial charge in [-0.2, -0.15) is 0 Å². The topological polar surface area (TPSA) is 107 Å². The maximum atomic E-state index is 12.8. The minimum Gasteiger partial charge on any atom is -0.504 e. The van der Waals surface area contributed by atoms with Crippen molar-refractivity contribution in [2.75, 3.05) is 13.6 Å². The molecule has 0 amide bonds. The van der Waals surface area contributed by atoms with E-state index < -0.39 is 29.1 Å². The van der Waals surface area contributed by atoms with E-state index in [1.165, 1.54) is 6.07 Å². The van der Waals surface area contributed by atoms with Crippen molar-refractivity contribution in [3.8, 4) is 11.5 Å². The SMILES string of the molecule is C[N@+]1(C(O)C2CC2)CC[C@]23c4c5ccc(O)c4O[C@H]2C(=O)CC[C@@]3(O)[C@@]1(O)C5. The number of likely N-dealkylation sites (N-methyl/N-ethyl adjacent to an activating group) is 1. The second kappa shape index (κ2) is 4.73. The summed E-state index contributed by atoms with van der Waals surface area (Å²) >= 11 is 0. The number of hydrogen-bond donors (Lipinski definition) is 4. The maximum Gasteiger partial charge on any atom is 0.237 e. The predicted molar refractivity (Wildman–Crippen MR) is 96.4 cm³/mol. The summed E-state index contributed by atoms with van der Waals surface area (Å²) in [5.41, 5.74) is -2.87. The lowest BCUT2D eigenvalue weighted by Gasteiger charge is -2.68. The van der Waals surface area contributed by atoms with Crippen LogP contribution in [-0.2, 0) is 16.6 Å². The third-order valence-electron chi connectivity index (χ3n) is 8.66. The quantitative estimate of drug-likeness (QED) is 0.543. The molecule has 1 saturated heterocycles. The van der Waals surface area contributed by atoms with Crippen LogP contribution in [0.15, 0.2) is 12.1 Å². The van der Waals surface area contributed by atoms with Crippen LogP contribution in [0.25, 0.3) is 0 Å². The van der Waals surface area contributed by atoms with Crippen LogP contribution in [0, 0.1) is 5.92 Å². The molecular weight excluding hydrogens is 362 g/mol. The second-order valence-electron chi connectivity index (χ2n) is 9.73. The van der Waals surface area contributed by atoms with E-state index in [0.29, 0.717) is 18.5 Å². The fourth-order valence-electron chi connectivity index (χ4n) is 6.98. The number of likely N-dealkylation sites (tertiary alicyclic amines) is 1. The van der Waals surface area contributed by atoms with Crippen LogP contribution in [0.2, 0.25) is 0 Å². The Bertz CT molecular complexity index is 930. The zero-order chi connectivity index (χ0) is 19.7. The summed E-state index contributed by atoms with van der Waals surface area (Å²) in [6.07, 6.45) is 0.970. The van der Waals surface area contributed by atoms with E-state index in [9.17, 15) is 25.2 Å². The summed E-state index contributed by atoms with van der Waals surface area (Å²) in [5, 5.41) is 45.9. The fourth-order valence-corrected chi connectivity index (χ4v) is 6.98. The maximum absolute atomic E-state index is 12.8. The molecule has 3 fully saturated rings. The number of phenols is 1. The number of carbonyl (C=O) groups excluding carboxylic acids is 1. The molecule has 6 rings (SSSR count). The molecule has 5 aliphatic rings. The summed E-state index contributed by atoms with van der Waals surface area (Å²) in [6.45, 7) is 0.429. The van der Waals surface area contributed by atoms with E-state index in [2.05, 4.69) is 0 Å². The Morgan fingerprint density at radius 3 is 2.71 bits per heavy atom. The van der Waals surface area contributed by atoms with E-state index in [4.69, 9.17) is 4.74 Å². The van der Waals surface area contributed by atoms with Crippen LogP contribution in [0.5, 0.6) is 11.5 Å². The number of aromatic hydroxyl groups is 1. The Labute approximate surface area is 162 Å². The lowest BCUT2D eigenvalue weighted by atomic mass is 9.47. The average Bonchev–Trinajstić information content (AvgIpc) is 3.44. The van der Waals surface area contributed by atoms with Crippen molar-refractivity contribution < 1.29 is 34.4 Å². The van der Waals surface area contributed by atoms with E-state index >= 15 is 0 Å². The summed E-state index contributed by atoms with van der Waals surface area (Å²) in [7, 11) is 1.83. The minimum atomic E-state index is -1.64. The van der Waals surface area contributed by atoms with Gasteiger partial charge in [-0.1, -0.05) is 6.07 Å². The largest absolute Gasteiger partial charge is 0.504 e. The molecule has 7 nitrogen and oxygen atoms in total. The van der Waals surface area contributed by atoms with Gasteiger partial charge in [-0.15, -0.1) is 0 Å². The van der Waals surface area contributed by atoms with Crippen LogP contribution in [-0.4, -0.2) is 67.9 Å². The van der Waals surface area contributed by atoms with Crippen molar-refractivity contribution in [1.82, 2.24) is 0 Å². The molecule has 2 aliphatic heterocycles. The number of benzene rings is 1. The van der Waals surface area contributed by atoms with Crippen molar-refractivity contribution >= 4 is 5.78 Å². The van der Waals surface area contributed by atoms with Crippen molar-refractivity contribution in [3.05, 3.63) is 23.3 Å². The van der Waals surface area contributed by atoms with E-state index in [-0.39, 0.29) is 46.9 Å². The van der Waals surface area contributed by atoms with Crippen LogP contribution >= 0.6 is 0 Å². The first-order valence-corrected chi connectivity index (χ1v) is 10.2. The Hall–Kier alpha value is -1.67. The molecular formula is C21H26NO6+. The normalized spacial score (nSPS) is 46.7. The van der Waals surface area contributed by atoms with E-state index in [1.54, 1.807) is 6.07 Å². The van der Waals surface area contributed by atoms with E-state index in [0.717, 1.165) is 18.4 Å². The summed E-state index contributed by atoms with van der Waals surface area (Å²) in [4.78, 5) is 12.8. The van der Waals surface area contributed by atoms with Crippen molar-refractivity contribution in [1.29, 1.82) is 0 Å². The van der Waals surface area contributed by atoms with Crippen LogP contribution in [0.1, 0.15) is 43.2 Å². The number of hydrogen-bond acceptors (Lipinski definition) is 6. The number of carbonyl (C=O) groups is 1. The smallest absolute Gasteiger partial charge is 0.237 e. The molecule has 150 valence electrons. The lowest BCUT2D eigenvalue weighted by molar-refractivity contribution is -1.04. The molecule has 28 heavy (non-hydrogen) atoms. The highest BCUT2D eigenvalue weighted by molar-refractivity contribution is 5.90. The van der Waals surface area contributed by atoms with Crippen LogP contribution in [0.3, 0.4) is 0 Å². The molecule has 2 saturated carbocycles. The molecule has 3 aliphatic carbocycles. The van der Waals surface area contributed by atoms with Gasteiger partial charge in [0.2, 0.25) is 5.72 Å². The average molecular weight is 388 g/mol. The minimum absolute atomic E-state index is 0.0352. The Morgan fingerprint density at radius 2 is 2.00 bits per heavy atom. The lowest BCUT2D eigenvalue weighted by Crippen LogP contribution is -2.88. The number of phenolic OH excluding ortho intramolecular Hbond substituents is 1. The number of quaternary nitrogens is 1. The monoisotopic (exact) mass is 388 g/mol. The molecule has 1 spiro atoms. The Kier molecular flexibility index (Phi) is 2.90. The number of piperidine rings is 1. The number of aliphatic hydroxyl groups excluding tert-OH is 1. The number of nitrogens with zero attached hydrogens (tertiary/aromatic N) is 1. The van der Waals surface area contributed by atoms with Gasteiger partial charge in [-0.3, -0.25) is 9.28 Å². The van der Waals surface area contributed by atoms with Gasteiger partial charge in [0.15, 0.2) is 35.2 Å². The molecule has 4 N–H and O–H groups in total. The highest BCUT2D eigenvalue weighted by Gasteiger charge is 2.83. The Balaban J connectivity index is 1.65. The number of rotatable bonds is 2. The van der Waals surface area contributed by atoms with Crippen molar-refractivity contribution in [3.63, 3.8) is 0 Å². The van der Waals surface area contributed by atoms with Gasteiger partial charge in [0.05, 0.1) is 25.4 Å². The van der Waals surface area contributed by atoms with Gasteiger partial charge in [-0.25, -0.2) is 0 Å². The third kappa shape index (κ3) is 1.52. The molecule has 1 unspecified atom stereocenters. The zero-order valence-corrected chi connectivity index (χ0v) is 15.9. The van der Waals surface area contributed by atoms with Gasteiger partial charge in [0.1, 0.15) is 0 Å². The molecule has 7 heteroatoms. The number of aliphatic hydroxyl groups is 3. The summed E-state index contributed by atoms with van der Waals surface area (Å²) in [6, 6.07) is 3.28. The first-order valence-electron chi connectivity index (χ1n) is 10.2. The fraction of sp³-hybridized carbons (Fsp3) is 0.667. The molecule has 0 aromatic heterocycles.